The minimum Gasteiger partial charge on any atom is -0.455 e. The highest BCUT2D eigenvalue weighted by Crippen LogP contribution is 2.50. The van der Waals surface area contributed by atoms with Gasteiger partial charge in [-0.2, -0.15) is 0 Å². The van der Waals surface area contributed by atoms with E-state index in [2.05, 4.69) is 133 Å². The van der Waals surface area contributed by atoms with Crippen LogP contribution in [0.1, 0.15) is 0 Å². The van der Waals surface area contributed by atoms with Crippen LogP contribution in [-0.2, 0) is 0 Å². The van der Waals surface area contributed by atoms with Crippen molar-refractivity contribution in [1.29, 1.82) is 0 Å². The molecule has 0 aliphatic heterocycles. The van der Waals surface area contributed by atoms with Gasteiger partial charge < -0.3 is 4.42 Å². The zero-order valence-corrected chi connectivity index (χ0v) is 20.3. The number of furan rings is 1. The number of benzene rings is 5. The Morgan fingerprint density at radius 2 is 0.944 bits per heavy atom. The predicted octanol–water partition coefficient (Wildman–Crippen LogP) is 10.3. The normalized spacial score (nSPS) is 11.3. The summed E-state index contributed by atoms with van der Waals surface area (Å²) in [5.41, 5.74) is 5.83. The fourth-order valence-electron chi connectivity index (χ4n) is 5.09. The zero-order chi connectivity index (χ0) is 23.9. The Kier molecular flexibility index (Phi) is 5.04. The molecule has 2 heteroatoms. The van der Waals surface area contributed by atoms with Crippen LogP contribution in [0.2, 0.25) is 0 Å². The van der Waals surface area contributed by atoms with Gasteiger partial charge in [-0.1, -0.05) is 127 Å². The molecule has 0 aliphatic carbocycles. The maximum Gasteiger partial charge on any atom is 0.144 e. The van der Waals surface area contributed by atoms with Gasteiger partial charge in [-0.15, -0.1) is 11.3 Å². The summed E-state index contributed by atoms with van der Waals surface area (Å²) in [5, 5.41) is 3.49. The molecule has 1 nitrogen and oxygen atoms in total. The van der Waals surface area contributed by atoms with Crippen LogP contribution < -0.4 is 0 Å². The van der Waals surface area contributed by atoms with Gasteiger partial charge in [-0.3, -0.25) is 0 Å². The van der Waals surface area contributed by atoms with Gasteiger partial charge >= 0.3 is 0 Å². The average molecular weight is 479 g/mol. The van der Waals surface area contributed by atoms with Gasteiger partial charge in [-0.25, -0.2) is 0 Å². The summed E-state index contributed by atoms with van der Waals surface area (Å²) in [7, 11) is 0. The Morgan fingerprint density at radius 1 is 0.417 bits per heavy atom. The summed E-state index contributed by atoms with van der Waals surface area (Å²) in [4.78, 5) is 1.24. The van der Waals surface area contributed by atoms with E-state index in [9.17, 15) is 0 Å². The second kappa shape index (κ2) is 8.67. The second-order valence-electron chi connectivity index (χ2n) is 8.89. The van der Waals surface area contributed by atoms with Crippen molar-refractivity contribution >= 4 is 32.2 Å². The van der Waals surface area contributed by atoms with E-state index < -0.39 is 0 Å². The minimum absolute atomic E-state index is 0.911. The van der Waals surface area contributed by atoms with Crippen molar-refractivity contribution in [2.24, 2.45) is 0 Å². The molecule has 0 fully saturated rings. The van der Waals surface area contributed by atoms with E-state index in [1.807, 2.05) is 11.3 Å². The smallest absolute Gasteiger partial charge is 0.144 e. The first kappa shape index (κ1) is 20.9. The van der Waals surface area contributed by atoms with Gasteiger partial charge in [0.2, 0.25) is 0 Å². The molecule has 7 aromatic rings. The molecule has 170 valence electrons. The summed E-state index contributed by atoms with van der Waals surface area (Å²) in [6.07, 6.45) is 0. The predicted molar refractivity (Wildman–Crippen MR) is 153 cm³/mol. The third-order valence-electron chi connectivity index (χ3n) is 6.74. The van der Waals surface area contributed by atoms with Crippen LogP contribution >= 0.6 is 11.3 Å². The summed E-state index contributed by atoms with van der Waals surface area (Å²) in [6.45, 7) is 0. The fourth-order valence-corrected chi connectivity index (χ4v) is 6.30. The van der Waals surface area contributed by atoms with Crippen molar-refractivity contribution in [3.63, 3.8) is 0 Å². The third kappa shape index (κ3) is 3.38. The molecular weight excluding hydrogens is 456 g/mol. The molecule has 0 N–H and O–H groups in total. The first-order valence-electron chi connectivity index (χ1n) is 12.1. The van der Waals surface area contributed by atoms with Crippen LogP contribution in [0, 0.1) is 0 Å². The van der Waals surface area contributed by atoms with Crippen LogP contribution in [0.25, 0.3) is 65.1 Å². The number of fused-ring (bicyclic) bond motifs is 2. The molecule has 0 unspecified atom stereocenters. The number of rotatable bonds is 4. The molecule has 7 rings (SSSR count). The molecule has 0 atom stereocenters. The minimum atomic E-state index is 0.911. The van der Waals surface area contributed by atoms with E-state index in [-0.39, 0.29) is 0 Å². The van der Waals surface area contributed by atoms with E-state index in [1.54, 1.807) is 0 Å². The molecule has 5 aromatic carbocycles. The topological polar surface area (TPSA) is 13.1 Å². The SMILES string of the molecule is c1ccc(-c2ccccc2-c2oc(-c3c(-c4ccccc4)sc4ccccc34)c3ccccc23)cc1. The second-order valence-corrected chi connectivity index (χ2v) is 9.94. The van der Waals surface area contributed by atoms with Crippen molar-refractivity contribution in [2.45, 2.75) is 0 Å². The van der Waals surface area contributed by atoms with E-state index in [0.29, 0.717) is 0 Å². The van der Waals surface area contributed by atoms with Gasteiger partial charge in [0.05, 0.1) is 0 Å². The lowest BCUT2D eigenvalue weighted by molar-refractivity contribution is 0.603. The third-order valence-corrected chi connectivity index (χ3v) is 7.96. The lowest BCUT2D eigenvalue weighted by Crippen LogP contribution is -1.83. The Morgan fingerprint density at radius 3 is 1.67 bits per heavy atom. The molecule has 36 heavy (non-hydrogen) atoms. The number of hydrogen-bond acceptors (Lipinski definition) is 2. The summed E-state index contributed by atoms with van der Waals surface area (Å²) >= 11 is 1.83. The van der Waals surface area contributed by atoms with Crippen LogP contribution in [0.5, 0.6) is 0 Å². The van der Waals surface area contributed by atoms with Crippen molar-refractivity contribution in [3.8, 4) is 44.2 Å². The molecule has 0 saturated carbocycles. The zero-order valence-electron chi connectivity index (χ0n) is 19.5. The molecule has 2 heterocycles. The Hall–Kier alpha value is -4.40. The van der Waals surface area contributed by atoms with Gasteiger partial charge in [0, 0.05) is 36.9 Å². The Balaban J connectivity index is 1.54. The van der Waals surface area contributed by atoms with E-state index in [1.165, 1.54) is 37.2 Å². The highest BCUT2D eigenvalue weighted by molar-refractivity contribution is 7.23. The van der Waals surface area contributed by atoms with Crippen LogP contribution in [0.3, 0.4) is 0 Å². The summed E-state index contributed by atoms with van der Waals surface area (Å²) in [5.74, 6) is 1.84. The molecule has 0 bridgehead atoms. The monoisotopic (exact) mass is 478 g/mol. The molecule has 0 amide bonds. The largest absolute Gasteiger partial charge is 0.455 e. The standard InChI is InChI=1S/C34H22OS/c1-3-13-23(14-4-1)25-17-7-8-18-26(25)32-27-19-9-10-20-28(27)33(35-32)31-29-21-11-12-22-30(29)36-34(31)24-15-5-2-6-16-24/h1-22H. The highest BCUT2D eigenvalue weighted by atomic mass is 32.1. The maximum absolute atomic E-state index is 6.93. The quantitative estimate of drug-likeness (QED) is 0.245. The van der Waals surface area contributed by atoms with Crippen molar-refractivity contribution in [2.75, 3.05) is 0 Å². The van der Waals surface area contributed by atoms with E-state index >= 15 is 0 Å². The molecule has 0 radical (unpaired) electrons. The highest BCUT2D eigenvalue weighted by Gasteiger charge is 2.24. The first-order valence-corrected chi connectivity index (χ1v) is 12.9. The first-order chi connectivity index (χ1) is 17.9. The van der Waals surface area contributed by atoms with Gasteiger partial charge in [0.15, 0.2) is 0 Å². The summed E-state index contributed by atoms with van der Waals surface area (Å²) < 4.78 is 8.20. The number of thiophene rings is 1. The maximum atomic E-state index is 6.93. The average Bonchev–Trinajstić information content (AvgIpc) is 3.53. The molecular formula is C34H22OS. The van der Waals surface area contributed by atoms with Crippen molar-refractivity contribution in [1.82, 2.24) is 0 Å². The van der Waals surface area contributed by atoms with Crippen molar-refractivity contribution in [3.05, 3.63) is 133 Å². The summed E-state index contributed by atoms with van der Waals surface area (Å²) in [6, 6.07) is 46.9. The Bertz CT molecular complexity index is 1820. The van der Waals surface area contributed by atoms with Gasteiger partial charge in [0.25, 0.3) is 0 Å². The molecule has 0 aliphatic rings. The Labute approximate surface area is 213 Å². The lowest BCUT2D eigenvalue weighted by atomic mass is 9.96. The van der Waals surface area contributed by atoms with Crippen LogP contribution in [0.15, 0.2) is 138 Å². The van der Waals surface area contributed by atoms with E-state index in [0.717, 1.165) is 27.9 Å². The van der Waals surface area contributed by atoms with Gasteiger partial charge in [-0.05, 0) is 22.8 Å². The van der Waals surface area contributed by atoms with Gasteiger partial charge in [0.1, 0.15) is 11.5 Å². The van der Waals surface area contributed by atoms with E-state index in [4.69, 9.17) is 4.42 Å². The van der Waals surface area contributed by atoms with Crippen LogP contribution in [0.4, 0.5) is 0 Å². The molecule has 0 spiro atoms. The molecule has 2 aromatic heterocycles. The fraction of sp³-hybridized carbons (Fsp3) is 0. The molecule has 0 saturated heterocycles. The number of hydrogen-bond donors (Lipinski definition) is 0. The van der Waals surface area contributed by atoms with Crippen LogP contribution in [-0.4, -0.2) is 0 Å². The lowest BCUT2D eigenvalue weighted by Gasteiger charge is -2.08. The van der Waals surface area contributed by atoms with Crippen molar-refractivity contribution < 1.29 is 4.42 Å².